The van der Waals surface area contributed by atoms with Gasteiger partial charge >= 0.3 is 0 Å². The largest absolute Gasteiger partial charge is 0.394 e. The van der Waals surface area contributed by atoms with Crippen LogP contribution in [0.5, 0.6) is 0 Å². The van der Waals surface area contributed by atoms with E-state index >= 15 is 0 Å². The van der Waals surface area contributed by atoms with Crippen molar-refractivity contribution >= 4 is 5.91 Å². The van der Waals surface area contributed by atoms with Gasteiger partial charge in [-0.25, -0.2) is 0 Å². The van der Waals surface area contributed by atoms with Crippen LogP contribution in [0.25, 0.3) is 0 Å². The number of allylic oxidation sites excluding steroid dienone is 3. The molecule has 2 unspecified atom stereocenters. The van der Waals surface area contributed by atoms with Gasteiger partial charge in [-0.2, -0.15) is 0 Å². The van der Waals surface area contributed by atoms with E-state index in [4.69, 9.17) is 0 Å². The van der Waals surface area contributed by atoms with E-state index < -0.39 is 12.1 Å². The summed E-state index contributed by atoms with van der Waals surface area (Å²) >= 11 is 0. The Bertz CT molecular complexity index is 765. The minimum atomic E-state index is -0.856. The molecule has 0 rings (SSSR count). The first-order chi connectivity index (χ1) is 26.2. The maximum absolute atomic E-state index is 12.4. The quantitative estimate of drug-likeness (QED) is 0.0430. The van der Waals surface area contributed by atoms with Gasteiger partial charge in [-0.05, 0) is 32.1 Å². The van der Waals surface area contributed by atoms with Crippen LogP contribution >= 0.6 is 0 Å². The van der Waals surface area contributed by atoms with Gasteiger partial charge in [0.2, 0.25) is 5.91 Å². The van der Waals surface area contributed by atoms with E-state index in [-0.39, 0.29) is 12.5 Å². The molecule has 4 nitrogen and oxygen atoms in total. The van der Waals surface area contributed by atoms with E-state index in [1.54, 1.807) is 6.08 Å². The lowest BCUT2D eigenvalue weighted by Gasteiger charge is -2.19. The Morgan fingerprint density at radius 3 is 1.09 bits per heavy atom. The van der Waals surface area contributed by atoms with Gasteiger partial charge in [-0.3, -0.25) is 4.79 Å². The lowest BCUT2D eigenvalue weighted by atomic mass is 10.0. The number of aliphatic hydroxyl groups excluding tert-OH is 2. The van der Waals surface area contributed by atoms with Crippen molar-refractivity contribution in [3.63, 3.8) is 0 Å². The molecule has 0 radical (unpaired) electrons. The van der Waals surface area contributed by atoms with Gasteiger partial charge in [-0.1, -0.05) is 250 Å². The van der Waals surface area contributed by atoms with Gasteiger partial charge in [0, 0.05) is 6.42 Å². The highest BCUT2D eigenvalue weighted by Gasteiger charge is 2.17. The van der Waals surface area contributed by atoms with Crippen molar-refractivity contribution in [3.05, 3.63) is 24.3 Å². The third-order valence-electron chi connectivity index (χ3n) is 11.2. The van der Waals surface area contributed by atoms with Gasteiger partial charge in [-0.15, -0.1) is 0 Å². The number of hydrogen-bond donors (Lipinski definition) is 3. The Labute approximate surface area is 332 Å². The van der Waals surface area contributed by atoms with Crippen molar-refractivity contribution in [1.82, 2.24) is 5.32 Å². The topological polar surface area (TPSA) is 69.6 Å². The monoisotopic (exact) mass is 746 g/mol. The first-order valence-corrected chi connectivity index (χ1v) is 24.1. The van der Waals surface area contributed by atoms with Crippen LogP contribution in [0.3, 0.4) is 0 Å². The summed E-state index contributed by atoms with van der Waals surface area (Å²) in [6.45, 7) is 4.28. The molecular formula is C49H95NO3. The molecule has 0 fully saturated rings. The van der Waals surface area contributed by atoms with Crippen LogP contribution < -0.4 is 5.32 Å². The number of aliphatic hydroxyl groups is 2. The van der Waals surface area contributed by atoms with Gasteiger partial charge in [0.25, 0.3) is 0 Å². The molecule has 2 atom stereocenters. The first kappa shape index (κ1) is 51.9. The van der Waals surface area contributed by atoms with Crippen molar-refractivity contribution in [3.8, 4) is 0 Å². The second-order valence-corrected chi connectivity index (χ2v) is 16.5. The highest BCUT2D eigenvalue weighted by Crippen LogP contribution is 2.17. The molecule has 0 aliphatic carbocycles. The highest BCUT2D eigenvalue weighted by molar-refractivity contribution is 5.76. The molecule has 4 heteroatoms. The Balaban J connectivity index is 3.39. The van der Waals surface area contributed by atoms with Crippen LogP contribution in [0, 0.1) is 0 Å². The molecular weight excluding hydrogens is 651 g/mol. The number of carbonyl (C=O) groups is 1. The fraction of sp³-hybridized carbons (Fsp3) is 0.898. The second-order valence-electron chi connectivity index (χ2n) is 16.5. The van der Waals surface area contributed by atoms with Gasteiger partial charge in [0.1, 0.15) is 0 Å². The molecule has 0 spiro atoms. The Kier molecular flexibility index (Phi) is 44.3. The lowest BCUT2D eigenvalue weighted by Crippen LogP contribution is -2.45. The summed E-state index contributed by atoms with van der Waals surface area (Å²) in [6, 6.07) is -0.633. The van der Waals surface area contributed by atoms with Gasteiger partial charge in [0.15, 0.2) is 0 Å². The van der Waals surface area contributed by atoms with E-state index in [0.29, 0.717) is 6.42 Å². The van der Waals surface area contributed by atoms with Crippen molar-refractivity contribution < 1.29 is 15.0 Å². The Morgan fingerprint density at radius 1 is 0.434 bits per heavy atom. The van der Waals surface area contributed by atoms with E-state index in [1.165, 1.54) is 212 Å². The zero-order valence-corrected chi connectivity index (χ0v) is 36.1. The molecule has 0 saturated heterocycles. The zero-order chi connectivity index (χ0) is 38.6. The fourth-order valence-corrected chi connectivity index (χ4v) is 7.49. The molecule has 53 heavy (non-hydrogen) atoms. The van der Waals surface area contributed by atoms with E-state index in [2.05, 4.69) is 31.3 Å². The van der Waals surface area contributed by atoms with Crippen molar-refractivity contribution in [1.29, 1.82) is 0 Å². The van der Waals surface area contributed by atoms with Crippen LogP contribution in [0.1, 0.15) is 264 Å². The summed E-state index contributed by atoms with van der Waals surface area (Å²) < 4.78 is 0. The first-order valence-electron chi connectivity index (χ1n) is 24.1. The standard InChI is InChI=1S/C49H95NO3/c1-3-5-7-9-11-13-15-16-17-18-19-20-21-22-23-24-25-26-27-28-29-30-31-32-33-34-35-37-39-41-43-45-49(53)50-47(46-51)48(52)44-42-40-38-36-14-12-10-8-6-4-2/h14,36,42,44,47-48,51-52H,3-13,15-35,37-41,43,45-46H2,1-2H3,(H,50,53)/b36-14+,44-42+. The summed E-state index contributed by atoms with van der Waals surface area (Å²) in [5.41, 5.74) is 0. The lowest BCUT2D eigenvalue weighted by molar-refractivity contribution is -0.123. The number of unbranched alkanes of at least 4 members (excludes halogenated alkanes) is 35. The predicted octanol–water partition coefficient (Wildman–Crippen LogP) is 15.2. The minimum absolute atomic E-state index is 0.0714. The summed E-state index contributed by atoms with van der Waals surface area (Å²) in [5, 5.41) is 22.9. The normalized spacial score (nSPS) is 13.1. The SMILES string of the molecule is CCCCCC/C=C/CC/C=C/C(O)C(CO)NC(=O)CCCCCCCCCCCCCCCCCCCCCCCCCCCCCCCCC. The summed E-state index contributed by atoms with van der Waals surface area (Å²) in [6.07, 6.45) is 59.0. The predicted molar refractivity (Wildman–Crippen MR) is 235 cm³/mol. The van der Waals surface area contributed by atoms with Crippen LogP contribution in [0.4, 0.5) is 0 Å². The Morgan fingerprint density at radius 2 is 0.736 bits per heavy atom. The maximum Gasteiger partial charge on any atom is 0.220 e. The van der Waals surface area contributed by atoms with Crippen LogP contribution in [-0.4, -0.2) is 34.9 Å². The van der Waals surface area contributed by atoms with Gasteiger partial charge < -0.3 is 15.5 Å². The maximum atomic E-state index is 12.4. The molecule has 314 valence electrons. The molecule has 0 aliphatic heterocycles. The van der Waals surface area contributed by atoms with Crippen molar-refractivity contribution in [2.24, 2.45) is 0 Å². The summed E-state index contributed by atoms with van der Waals surface area (Å²) in [7, 11) is 0. The number of amides is 1. The van der Waals surface area contributed by atoms with Crippen LogP contribution in [0.15, 0.2) is 24.3 Å². The van der Waals surface area contributed by atoms with Crippen LogP contribution in [-0.2, 0) is 4.79 Å². The molecule has 0 bridgehead atoms. The van der Waals surface area contributed by atoms with Crippen molar-refractivity contribution in [2.45, 2.75) is 276 Å². The summed E-state index contributed by atoms with van der Waals surface area (Å²) in [4.78, 5) is 12.4. The molecule has 0 aromatic heterocycles. The average Bonchev–Trinajstić information content (AvgIpc) is 3.16. The molecule has 1 amide bonds. The summed E-state index contributed by atoms with van der Waals surface area (Å²) in [5.74, 6) is -0.0714. The number of carbonyl (C=O) groups excluding carboxylic acids is 1. The third kappa shape index (κ3) is 41.9. The van der Waals surface area contributed by atoms with Crippen LogP contribution in [0.2, 0.25) is 0 Å². The Hall–Kier alpha value is -1.13. The molecule has 3 N–H and O–H groups in total. The number of rotatable bonds is 44. The smallest absolute Gasteiger partial charge is 0.220 e. The van der Waals surface area contributed by atoms with E-state index in [0.717, 1.165) is 32.1 Å². The molecule has 0 aromatic carbocycles. The zero-order valence-electron chi connectivity index (χ0n) is 36.1. The van der Waals surface area contributed by atoms with Gasteiger partial charge in [0.05, 0.1) is 18.8 Å². The second kappa shape index (κ2) is 45.3. The van der Waals surface area contributed by atoms with Crippen molar-refractivity contribution in [2.75, 3.05) is 6.61 Å². The molecule has 0 aromatic rings. The van der Waals surface area contributed by atoms with E-state index in [9.17, 15) is 15.0 Å². The fourth-order valence-electron chi connectivity index (χ4n) is 7.49. The van der Waals surface area contributed by atoms with E-state index in [1.807, 2.05) is 6.08 Å². The average molecular weight is 746 g/mol. The number of hydrogen-bond acceptors (Lipinski definition) is 3. The molecule has 0 aliphatic rings. The number of nitrogens with one attached hydrogen (secondary N) is 1. The third-order valence-corrected chi connectivity index (χ3v) is 11.2. The highest BCUT2D eigenvalue weighted by atomic mass is 16.3. The minimum Gasteiger partial charge on any atom is -0.394 e. The molecule has 0 saturated carbocycles. The molecule has 0 heterocycles.